The summed E-state index contributed by atoms with van der Waals surface area (Å²) in [5.74, 6) is -0.0230. The lowest BCUT2D eigenvalue weighted by atomic mass is 10.1. The van der Waals surface area contributed by atoms with Crippen molar-refractivity contribution in [1.29, 1.82) is 0 Å². The normalized spacial score (nSPS) is 12.2. The Hall–Kier alpha value is -1.13. The van der Waals surface area contributed by atoms with Crippen molar-refractivity contribution in [1.82, 2.24) is 5.32 Å². The summed E-state index contributed by atoms with van der Waals surface area (Å²) in [6.45, 7) is 3.97. The van der Waals surface area contributed by atoms with Gasteiger partial charge in [-0.1, -0.05) is 30.3 Å². The first-order valence-corrected chi connectivity index (χ1v) is 7.30. The van der Waals surface area contributed by atoms with E-state index in [4.69, 9.17) is 0 Å². The zero-order valence-electron chi connectivity index (χ0n) is 10.2. The minimum atomic E-state index is -0.0230. The molecule has 1 aromatic carbocycles. The van der Waals surface area contributed by atoms with Crippen LogP contribution in [0.1, 0.15) is 33.8 Å². The fraction of sp³-hybridized carbons (Fsp3) is 0.214. The van der Waals surface area contributed by atoms with Crippen LogP contribution in [-0.4, -0.2) is 5.91 Å². The molecule has 1 heterocycles. The lowest BCUT2D eigenvalue weighted by molar-refractivity contribution is 0.0944. The van der Waals surface area contributed by atoms with Crippen molar-refractivity contribution >= 4 is 33.2 Å². The number of benzene rings is 1. The first kappa shape index (κ1) is 13.3. The molecule has 1 amide bonds. The second-order valence-electron chi connectivity index (χ2n) is 4.17. The van der Waals surface area contributed by atoms with Gasteiger partial charge in [-0.2, -0.15) is 0 Å². The Balaban J connectivity index is 2.08. The number of halogens is 1. The summed E-state index contributed by atoms with van der Waals surface area (Å²) < 4.78 is 1.01. The second-order valence-corrected chi connectivity index (χ2v) is 6.54. The van der Waals surface area contributed by atoms with E-state index in [1.54, 1.807) is 0 Å². The number of hydrogen-bond donors (Lipinski definition) is 1. The standard InChI is InChI=1S/C14H14BrNOS/c1-9-8-12(18-13(9)15)14(17)16-10(2)11-6-4-3-5-7-11/h3-8,10H,1-2H3,(H,16,17)/t10-/m1/s1. The summed E-state index contributed by atoms with van der Waals surface area (Å²) >= 11 is 4.90. The molecule has 1 aromatic heterocycles. The molecule has 0 aliphatic carbocycles. The van der Waals surface area contributed by atoms with E-state index in [2.05, 4.69) is 21.2 Å². The predicted octanol–water partition coefficient (Wildman–Crippen LogP) is 4.31. The molecule has 0 spiro atoms. The van der Waals surface area contributed by atoms with E-state index in [0.29, 0.717) is 0 Å². The van der Waals surface area contributed by atoms with Gasteiger partial charge in [0.15, 0.2) is 0 Å². The molecule has 0 bridgehead atoms. The Morgan fingerprint density at radius 2 is 2.00 bits per heavy atom. The average molecular weight is 324 g/mol. The van der Waals surface area contributed by atoms with Crippen LogP contribution in [0.15, 0.2) is 40.2 Å². The molecule has 18 heavy (non-hydrogen) atoms. The summed E-state index contributed by atoms with van der Waals surface area (Å²) in [5, 5.41) is 3.00. The molecule has 0 saturated carbocycles. The molecular formula is C14H14BrNOS. The maximum Gasteiger partial charge on any atom is 0.261 e. The highest BCUT2D eigenvalue weighted by atomic mass is 79.9. The highest BCUT2D eigenvalue weighted by Crippen LogP contribution is 2.27. The van der Waals surface area contributed by atoms with Gasteiger partial charge in [0.25, 0.3) is 5.91 Å². The Morgan fingerprint density at radius 1 is 1.33 bits per heavy atom. The van der Waals surface area contributed by atoms with Crippen LogP contribution in [0.3, 0.4) is 0 Å². The molecule has 0 unspecified atom stereocenters. The molecule has 94 valence electrons. The summed E-state index contributed by atoms with van der Waals surface area (Å²) in [6, 6.07) is 11.9. The third kappa shape index (κ3) is 3.00. The van der Waals surface area contributed by atoms with E-state index in [-0.39, 0.29) is 11.9 Å². The summed E-state index contributed by atoms with van der Waals surface area (Å²) in [4.78, 5) is 12.8. The van der Waals surface area contributed by atoms with E-state index in [0.717, 1.165) is 19.8 Å². The van der Waals surface area contributed by atoms with Crippen LogP contribution < -0.4 is 5.32 Å². The van der Waals surface area contributed by atoms with Gasteiger partial charge in [-0.15, -0.1) is 11.3 Å². The van der Waals surface area contributed by atoms with Crippen molar-refractivity contribution < 1.29 is 4.79 Å². The lowest BCUT2D eigenvalue weighted by Crippen LogP contribution is -2.25. The van der Waals surface area contributed by atoms with Crippen LogP contribution in [0.5, 0.6) is 0 Å². The van der Waals surface area contributed by atoms with Crippen LogP contribution >= 0.6 is 27.3 Å². The van der Waals surface area contributed by atoms with Crippen LogP contribution in [-0.2, 0) is 0 Å². The smallest absolute Gasteiger partial charge is 0.261 e. The molecule has 0 saturated heterocycles. The highest BCUT2D eigenvalue weighted by molar-refractivity contribution is 9.11. The van der Waals surface area contributed by atoms with E-state index in [9.17, 15) is 4.79 Å². The first-order chi connectivity index (χ1) is 8.58. The first-order valence-electron chi connectivity index (χ1n) is 5.69. The molecule has 1 N–H and O–H groups in total. The number of amides is 1. The fourth-order valence-corrected chi connectivity index (χ4v) is 3.10. The SMILES string of the molecule is Cc1cc(C(=O)N[C@H](C)c2ccccc2)sc1Br. The lowest BCUT2D eigenvalue weighted by Gasteiger charge is -2.13. The summed E-state index contributed by atoms with van der Waals surface area (Å²) in [5.41, 5.74) is 2.20. The van der Waals surface area contributed by atoms with Crippen molar-refractivity contribution in [2.75, 3.05) is 0 Å². The van der Waals surface area contributed by atoms with E-state index >= 15 is 0 Å². The maximum absolute atomic E-state index is 12.1. The van der Waals surface area contributed by atoms with Gasteiger partial charge in [-0.3, -0.25) is 4.79 Å². The number of rotatable bonds is 3. The molecule has 0 fully saturated rings. The summed E-state index contributed by atoms with van der Waals surface area (Å²) in [6.07, 6.45) is 0. The fourth-order valence-electron chi connectivity index (χ4n) is 1.66. The van der Waals surface area contributed by atoms with Crippen LogP contribution in [0.25, 0.3) is 0 Å². The van der Waals surface area contributed by atoms with Gasteiger partial charge >= 0.3 is 0 Å². The second kappa shape index (κ2) is 5.67. The Kier molecular flexibility index (Phi) is 4.19. The molecule has 2 aromatic rings. The maximum atomic E-state index is 12.1. The molecule has 1 atom stereocenters. The molecule has 0 aliphatic heterocycles. The topological polar surface area (TPSA) is 29.1 Å². The number of thiophene rings is 1. The van der Waals surface area contributed by atoms with Crippen LogP contribution in [0, 0.1) is 6.92 Å². The van der Waals surface area contributed by atoms with E-state index in [1.165, 1.54) is 11.3 Å². The van der Waals surface area contributed by atoms with Gasteiger partial charge in [0.1, 0.15) is 0 Å². The number of carbonyl (C=O) groups is 1. The quantitative estimate of drug-likeness (QED) is 0.895. The Labute approximate surface area is 119 Å². The van der Waals surface area contributed by atoms with Crippen LogP contribution in [0.4, 0.5) is 0 Å². The summed E-state index contributed by atoms with van der Waals surface area (Å²) in [7, 11) is 0. The van der Waals surface area contributed by atoms with Crippen LogP contribution in [0.2, 0.25) is 0 Å². The third-order valence-corrected chi connectivity index (χ3v) is 4.86. The van der Waals surface area contributed by atoms with Crippen molar-refractivity contribution in [3.63, 3.8) is 0 Å². The molecule has 0 radical (unpaired) electrons. The molecule has 2 rings (SSSR count). The number of hydrogen-bond acceptors (Lipinski definition) is 2. The van der Waals surface area contributed by atoms with E-state index in [1.807, 2.05) is 50.2 Å². The van der Waals surface area contributed by atoms with Gasteiger partial charge in [-0.05, 0) is 47.0 Å². The van der Waals surface area contributed by atoms with Gasteiger partial charge in [0.2, 0.25) is 0 Å². The van der Waals surface area contributed by atoms with Crippen molar-refractivity contribution in [3.8, 4) is 0 Å². The van der Waals surface area contributed by atoms with Crippen molar-refractivity contribution in [2.45, 2.75) is 19.9 Å². The number of carbonyl (C=O) groups excluding carboxylic acids is 1. The predicted molar refractivity (Wildman–Crippen MR) is 79.1 cm³/mol. The zero-order chi connectivity index (χ0) is 13.1. The van der Waals surface area contributed by atoms with Gasteiger partial charge < -0.3 is 5.32 Å². The van der Waals surface area contributed by atoms with Crippen molar-refractivity contribution in [2.24, 2.45) is 0 Å². The molecular weight excluding hydrogens is 310 g/mol. The minimum Gasteiger partial charge on any atom is -0.345 e. The average Bonchev–Trinajstić information content (AvgIpc) is 2.71. The largest absolute Gasteiger partial charge is 0.345 e. The molecule has 4 heteroatoms. The van der Waals surface area contributed by atoms with E-state index < -0.39 is 0 Å². The Bertz CT molecular complexity index is 531. The van der Waals surface area contributed by atoms with Crippen molar-refractivity contribution in [3.05, 3.63) is 56.2 Å². The minimum absolute atomic E-state index is 0.0138. The molecule has 2 nitrogen and oxygen atoms in total. The van der Waals surface area contributed by atoms with Gasteiger partial charge in [0, 0.05) is 0 Å². The zero-order valence-corrected chi connectivity index (χ0v) is 12.6. The monoisotopic (exact) mass is 323 g/mol. The third-order valence-electron chi connectivity index (χ3n) is 2.73. The molecule has 0 aliphatic rings. The van der Waals surface area contributed by atoms with Gasteiger partial charge in [0.05, 0.1) is 14.7 Å². The number of nitrogens with one attached hydrogen (secondary N) is 1. The number of aryl methyl sites for hydroxylation is 1. The highest BCUT2D eigenvalue weighted by Gasteiger charge is 2.14. The van der Waals surface area contributed by atoms with Gasteiger partial charge in [-0.25, -0.2) is 0 Å². The Morgan fingerprint density at radius 3 is 2.56 bits per heavy atom.